The van der Waals surface area contributed by atoms with E-state index in [4.69, 9.17) is 4.74 Å². The maximum absolute atomic E-state index is 10.9. The van der Waals surface area contributed by atoms with Gasteiger partial charge in [0.15, 0.2) is 0 Å². The fourth-order valence-corrected chi connectivity index (χ4v) is 4.29. The van der Waals surface area contributed by atoms with Crippen LogP contribution in [0.15, 0.2) is 18.2 Å². The van der Waals surface area contributed by atoms with Crippen LogP contribution in [0.5, 0.6) is 5.75 Å². The first-order valence-corrected chi connectivity index (χ1v) is 8.28. The van der Waals surface area contributed by atoms with Crippen LogP contribution in [0.4, 0.5) is 0 Å². The van der Waals surface area contributed by atoms with Crippen LogP contribution in [0.1, 0.15) is 56.8 Å². The molecule has 3 nitrogen and oxygen atoms in total. The lowest BCUT2D eigenvalue weighted by molar-refractivity contribution is 0.0102. The molecule has 2 aliphatic rings. The van der Waals surface area contributed by atoms with Crippen LogP contribution >= 0.6 is 0 Å². The molecule has 0 radical (unpaired) electrons. The van der Waals surface area contributed by atoms with Crippen molar-refractivity contribution in [3.8, 4) is 5.75 Å². The van der Waals surface area contributed by atoms with E-state index in [9.17, 15) is 5.11 Å². The Balaban J connectivity index is 1.89. The second-order valence-corrected chi connectivity index (χ2v) is 6.55. The summed E-state index contributed by atoms with van der Waals surface area (Å²) in [6.45, 7) is 4.57. The number of methoxy groups -OCH3 is 1. The van der Waals surface area contributed by atoms with Gasteiger partial charge in [-0.2, -0.15) is 0 Å². The van der Waals surface area contributed by atoms with Gasteiger partial charge in [-0.05, 0) is 62.3 Å². The Morgan fingerprint density at radius 2 is 2.10 bits per heavy atom. The van der Waals surface area contributed by atoms with Gasteiger partial charge in [0.2, 0.25) is 0 Å². The lowest BCUT2D eigenvalue weighted by atomic mass is 9.84. The maximum Gasteiger partial charge on any atom is 0.119 e. The van der Waals surface area contributed by atoms with E-state index >= 15 is 0 Å². The minimum Gasteiger partial charge on any atom is -0.497 e. The van der Waals surface area contributed by atoms with Crippen molar-refractivity contribution in [3.05, 3.63) is 29.3 Å². The zero-order valence-electron chi connectivity index (χ0n) is 13.4. The molecule has 0 saturated carbocycles. The molecular weight excluding hydrogens is 262 g/mol. The topological polar surface area (TPSA) is 32.7 Å². The molecule has 1 aliphatic carbocycles. The number of benzene rings is 1. The summed E-state index contributed by atoms with van der Waals surface area (Å²) < 4.78 is 5.33. The first kappa shape index (κ1) is 14.9. The highest BCUT2D eigenvalue weighted by molar-refractivity contribution is 5.39. The normalized spacial score (nSPS) is 33.0. The summed E-state index contributed by atoms with van der Waals surface area (Å²) in [5.41, 5.74) is 2.35. The summed E-state index contributed by atoms with van der Waals surface area (Å²) in [4.78, 5) is 2.59. The summed E-state index contributed by atoms with van der Waals surface area (Å²) in [7, 11) is 1.68. The molecule has 1 heterocycles. The Morgan fingerprint density at radius 3 is 2.81 bits per heavy atom. The zero-order valence-corrected chi connectivity index (χ0v) is 13.4. The molecule has 0 spiro atoms. The molecule has 0 bridgehead atoms. The van der Waals surface area contributed by atoms with Gasteiger partial charge < -0.3 is 9.84 Å². The number of aliphatic hydroxyl groups is 1. The third-order valence-electron chi connectivity index (χ3n) is 5.45. The van der Waals surface area contributed by atoms with Crippen molar-refractivity contribution in [1.29, 1.82) is 0 Å². The molecule has 4 unspecified atom stereocenters. The number of aryl methyl sites for hydroxylation is 1. The van der Waals surface area contributed by atoms with Gasteiger partial charge in [-0.1, -0.05) is 13.0 Å². The maximum atomic E-state index is 10.9. The molecule has 1 fully saturated rings. The quantitative estimate of drug-likeness (QED) is 0.926. The third kappa shape index (κ3) is 2.58. The van der Waals surface area contributed by atoms with Gasteiger partial charge in [-0.15, -0.1) is 0 Å². The van der Waals surface area contributed by atoms with Gasteiger partial charge in [0, 0.05) is 18.1 Å². The van der Waals surface area contributed by atoms with E-state index in [0.29, 0.717) is 12.1 Å². The smallest absolute Gasteiger partial charge is 0.119 e. The largest absolute Gasteiger partial charge is 0.497 e. The highest BCUT2D eigenvalue weighted by atomic mass is 16.5. The number of rotatable bonds is 3. The summed E-state index contributed by atoms with van der Waals surface area (Å²) in [5, 5.41) is 10.9. The second kappa shape index (κ2) is 5.98. The van der Waals surface area contributed by atoms with Crippen LogP contribution < -0.4 is 4.74 Å². The second-order valence-electron chi connectivity index (χ2n) is 6.55. The standard InChI is InChI=1S/C18H27NO2/c1-4-14-8-5-12(2)19(14)17-10-7-13-6-9-15(21-3)11-16(13)18(17)20/h6,9,11-12,14,17-18,20H,4-5,7-8,10H2,1-3H3. The highest BCUT2D eigenvalue weighted by Crippen LogP contribution is 2.40. The first-order chi connectivity index (χ1) is 10.2. The minimum absolute atomic E-state index is 0.257. The van der Waals surface area contributed by atoms with Gasteiger partial charge in [0.25, 0.3) is 0 Å². The minimum atomic E-state index is -0.390. The van der Waals surface area contributed by atoms with Crippen molar-refractivity contribution < 1.29 is 9.84 Å². The molecule has 1 N–H and O–H groups in total. The Hall–Kier alpha value is -1.06. The molecule has 1 saturated heterocycles. The first-order valence-electron chi connectivity index (χ1n) is 8.28. The Labute approximate surface area is 127 Å². The van der Waals surface area contributed by atoms with Crippen molar-refractivity contribution in [1.82, 2.24) is 4.90 Å². The number of likely N-dealkylation sites (tertiary alicyclic amines) is 1. The van der Waals surface area contributed by atoms with Gasteiger partial charge in [0.1, 0.15) is 5.75 Å². The summed E-state index contributed by atoms with van der Waals surface area (Å²) in [6, 6.07) is 7.60. The Kier molecular flexibility index (Phi) is 4.23. The molecule has 116 valence electrons. The monoisotopic (exact) mass is 289 g/mol. The number of hydrogen-bond donors (Lipinski definition) is 1. The molecule has 1 aromatic carbocycles. The Bertz CT molecular complexity index is 502. The lowest BCUT2D eigenvalue weighted by Crippen LogP contribution is -2.47. The van der Waals surface area contributed by atoms with Gasteiger partial charge >= 0.3 is 0 Å². The third-order valence-corrected chi connectivity index (χ3v) is 5.45. The van der Waals surface area contributed by atoms with E-state index < -0.39 is 6.10 Å². The Morgan fingerprint density at radius 1 is 1.29 bits per heavy atom. The van der Waals surface area contributed by atoms with Gasteiger partial charge in [-0.25, -0.2) is 0 Å². The van der Waals surface area contributed by atoms with Crippen molar-refractivity contribution in [3.63, 3.8) is 0 Å². The SMILES string of the molecule is CCC1CCC(C)N1C1CCc2ccc(OC)cc2C1O. The van der Waals surface area contributed by atoms with Crippen LogP contribution in [0.25, 0.3) is 0 Å². The molecule has 1 aromatic rings. The van der Waals surface area contributed by atoms with Crippen LogP contribution in [0.3, 0.4) is 0 Å². The van der Waals surface area contributed by atoms with Crippen molar-refractivity contribution in [2.75, 3.05) is 7.11 Å². The molecule has 1 aliphatic heterocycles. The number of hydrogen-bond acceptors (Lipinski definition) is 3. The van der Waals surface area contributed by atoms with Gasteiger partial charge in [0.05, 0.1) is 13.2 Å². The predicted octanol–water partition coefficient (Wildman–Crippen LogP) is 3.31. The van der Waals surface area contributed by atoms with E-state index in [1.807, 2.05) is 12.1 Å². The molecule has 3 heteroatoms. The highest BCUT2D eigenvalue weighted by Gasteiger charge is 2.40. The van der Waals surface area contributed by atoms with Gasteiger partial charge in [-0.3, -0.25) is 4.90 Å². The number of ether oxygens (including phenoxy) is 1. The molecule has 0 amide bonds. The zero-order chi connectivity index (χ0) is 15.0. The molecular formula is C18H27NO2. The fourth-order valence-electron chi connectivity index (χ4n) is 4.29. The number of aliphatic hydroxyl groups excluding tert-OH is 1. The van der Waals surface area contributed by atoms with E-state index in [1.165, 1.54) is 24.8 Å². The molecule has 4 atom stereocenters. The molecule has 21 heavy (non-hydrogen) atoms. The number of fused-ring (bicyclic) bond motifs is 1. The van der Waals surface area contributed by atoms with Crippen molar-refractivity contribution in [2.24, 2.45) is 0 Å². The lowest BCUT2D eigenvalue weighted by Gasteiger charge is -2.41. The average Bonchev–Trinajstić information content (AvgIpc) is 2.88. The summed E-state index contributed by atoms with van der Waals surface area (Å²) in [6.07, 6.45) is 5.43. The van der Waals surface area contributed by atoms with Crippen LogP contribution in [0, 0.1) is 0 Å². The number of nitrogens with zero attached hydrogens (tertiary/aromatic N) is 1. The average molecular weight is 289 g/mol. The van der Waals surface area contributed by atoms with E-state index in [0.717, 1.165) is 24.2 Å². The summed E-state index contributed by atoms with van der Waals surface area (Å²) >= 11 is 0. The van der Waals surface area contributed by atoms with Crippen LogP contribution in [-0.4, -0.2) is 35.2 Å². The van der Waals surface area contributed by atoms with E-state index in [2.05, 4.69) is 24.8 Å². The molecule has 0 aromatic heterocycles. The van der Waals surface area contributed by atoms with E-state index in [-0.39, 0.29) is 6.04 Å². The van der Waals surface area contributed by atoms with E-state index in [1.54, 1.807) is 7.11 Å². The molecule has 3 rings (SSSR count). The predicted molar refractivity (Wildman–Crippen MR) is 84.7 cm³/mol. The van der Waals surface area contributed by atoms with Crippen molar-refractivity contribution >= 4 is 0 Å². The van der Waals surface area contributed by atoms with Crippen LogP contribution in [-0.2, 0) is 6.42 Å². The summed E-state index contributed by atoms with van der Waals surface area (Å²) in [5.74, 6) is 0.843. The van der Waals surface area contributed by atoms with Crippen LogP contribution in [0.2, 0.25) is 0 Å². The fraction of sp³-hybridized carbons (Fsp3) is 0.667. The van der Waals surface area contributed by atoms with Crippen molar-refractivity contribution in [2.45, 2.75) is 70.2 Å².